The van der Waals surface area contributed by atoms with Gasteiger partial charge in [0.05, 0.1) is 17.2 Å². The summed E-state index contributed by atoms with van der Waals surface area (Å²) in [7, 11) is -3.36. The summed E-state index contributed by atoms with van der Waals surface area (Å²) in [4.78, 5) is 12.6. The van der Waals surface area contributed by atoms with Gasteiger partial charge < -0.3 is 20.1 Å². The maximum absolute atomic E-state index is 14.0. The summed E-state index contributed by atoms with van der Waals surface area (Å²) in [5.41, 5.74) is 9.07. The van der Waals surface area contributed by atoms with Crippen molar-refractivity contribution in [3.8, 4) is 16.9 Å². The van der Waals surface area contributed by atoms with Crippen LogP contribution in [0.15, 0.2) is 59.5 Å². The van der Waals surface area contributed by atoms with Crippen LogP contribution in [0.5, 0.6) is 0 Å². The number of hydrogen-bond acceptors (Lipinski definition) is 6. The van der Waals surface area contributed by atoms with E-state index in [9.17, 15) is 17.6 Å². The van der Waals surface area contributed by atoms with E-state index in [-0.39, 0.29) is 18.1 Å². The van der Waals surface area contributed by atoms with Gasteiger partial charge >= 0.3 is 5.97 Å². The summed E-state index contributed by atoms with van der Waals surface area (Å²) in [6.45, 7) is 1.70. The Morgan fingerprint density at radius 3 is 2.47 bits per heavy atom. The number of carbonyl (C=O) groups excluding carboxylic acids is 1. The van der Waals surface area contributed by atoms with E-state index >= 15 is 0 Å². The van der Waals surface area contributed by atoms with E-state index in [1.165, 1.54) is 24.3 Å². The molecule has 3 N–H and O–H groups in total. The largest absolute Gasteiger partial charge is 0.464 e. The molecule has 9 heteroatoms. The predicted octanol–water partition coefficient (Wildman–Crippen LogP) is 2.92. The first-order valence-corrected chi connectivity index (χ1v) is 11.8. The molecule has 7 nitrogen and oxygen atoms in total. The van der Waals surface area contributed by atoms with Gasteiger partial charge in [-0.3, -0.25) is 0 Å². The number of hydrogen-bond donors (Lipinski definition) is 2. The number of rotatable bonds is 8. The molecular formula is C23H25FN2O5S. The van der Waals surface area contributed by atoms with Gasteiger partial charge in [-0.2, -0.15) is 0 Å². The molecule has 32 heavy (non-hydrogen) atoms. The molecule has 0 amide bonds. The SMILES string of the molecule is Cc1c(C(N)C(=O)OCCCO)cc(-c2ccc(S(C)(=O)=O)cc2)n1-c1cccc(F)c1. The second kappa shape index (κ2) is 9.64. The van der Waals surface area contributed by atoms with Crippen molar-refractivity contribution in [1.82, 2.24) is 4.57 Å². The first-order valence-electron chi connectivity index (χ1n) is 9.95. The number of halogens is 1. The molecule has 0 aliphatic carbocycles. The maximum atomic E-state index is 14.0. The quantitative estimate of drug-likeness (QED) is 0.395. The summed E-state index contributed by atoms with van der Waals surface area (Å²) in [5.74, 6) is -1.07. The number of benzene rings is 2. The summed E-state index contributed by atoms with van der Waals surface area (Å²) in [6.07, 6.45) is 1.43. The van der Waals surface area contributed by atoms with Gasteiger partial charge in [0.1, 0.15) is 11.9 Å². The molecule has 3 rings (SSSR count). The molecule has 0 bridgehead atoms. The van der Waals surface area contributed by atoms with Crippen LogP contribution in [-0.2, 0) is 19.4 Å². The van der Waals surface area contributed by atoms with Crippen molar-refractivity contribution in [2.75, 3.05) is 19.5 Å². The van der Waals surface area contributed by atoms with E-state index < -0.39 is 27.7 Å². The third-order valence-electron chi connectivity index (χ3n) is 5.07. The Labute approximate surface area is 186 Å². The first-order chi connectivity index (χ1) is 15.1. The number of nitrogens with zero attached hydrogens (tertiary/aromatic N) is 1. The van der Waals surface area contributed by atoms with E-state index in [1.807, 2.05) is 0 Å². The van der Waals surface area contributed by atoms with E-state index in [2.05, 4.69) is 0 Å². The molecule has 0 saturated carbocycles. The van der Waals surface area contributed by atoms with E-state index in [1.54, 1.807) is 41.8 Å². The molecule has 1 atom stereocenters. The minimum absolute atomic E-state index is 0.0481. The highest BCUT2D eigenvalue weighted by Crippen LogP contribution is 2.33. The fourth-order valence-electron chi connectivity index (χ4n) is 3.43. The summed E-state index contributed by atoms with van der Waals surface area (Å²) < 4.78 is 44.5. The minimum atomic E-state index is -3.36. The van der Waals surface area contributed by atoms with Crippen molar-refractivity contribution < 1.29 is 27.4 Å². The van der Waals surface area contributed by atoms with Gasteiger partial charge in [0.25, 0.3) is 0 Å². The van der Waals surface area contributed by atoms with Crippen LogP contribution in [0.1, 0.15) is 23.7 Å². The molecule has 0 fully saturated rings. The van der Waals surface area contributed by atoms with Crippen LogP contribution in [-0.4, -0.2) is 43.5 Å². The van der Waals surface area contributed by atoms with E-state index in [4.69, 9.17) is 15.6 Å². The second-order valence-electron chi connectivity index (χ2n) is 7.40. The average Bonchev–Trinajstić information content (AvgIpc) is 3.09. The van der Waals surface area contributed by atoms with Crippen molar-refractivity contribution in [1.29, 1.82) is 0 Å². The third kappa shape index (κ3) is 5.07. The van der Waals surface area contributed by atoms with Crippen LogP contribution < -0.4 is 5.73 Å². The van der Waals surface area contributed by atoms with Crippen LogP contribution in [0.4, 0.5) is 4.39 Å². The standard InChI is InChI=1S/C23H25FN2O5S/c1-15-20(22(25)23(28)31-12-4-11-27)14-21(26(15)18-6-3-5-17(24)13-18)16-7-9-19(10-8-16)32(2,29)30/h3,5-10,13-14,22,27H,4,11-12,25H2,1-2H3. The first kappa shape index (κ1) is 23.6. The average molecular weight is 461 g/mol. The fraction of sp³-hybridized carbons (Fsp3) is 0.261. The molecule has 0 aliphatic rings. The number of ether oxygens (including phenoxy) is 1. The van der Waals surface area contributed by atoms with Gasteiger partial charge in [-0.1, -0.05) is 18.2 Å². The highest BCUT2D eigenvalue weighted by molar-refractivity contribution is 7.90. The zero-order valence-electron chi connectivity index (χ0n) is 17.8. The Kier molecular flexibility index (Phi) is 7.12. The van der Waals surface area contributed by atoms with Crippen LogP contribution >= 0.6 is 0 Å². The topological polar surface area (TPSA) is 112 Å². The van der Waals surface area contributed by atoms with E-state index in [0.29, 0.717) is 34.6 Å². The van der Waals surface area contributed by atoms with Gasteiger partial charge in [-0.05, 0) is 48.9 Å². The molecule has 1 unspecified atom stereocenters. The molecule has 170 valence electrons. The zero-order chi connectivity index (χ0) is 23.5. The summed E-state index contributed by atoms with van der Waals surface area (Å²) in [5, 5.41) is 8.87. The molecule has 0 saturated heterocycles. The Bertz CT molecular complexity index is 1220. The second-order valence-corrected chi connectivity index (χ2v) is 9.42. The van der Waals surface area contributed by atoms with Gasteiger partial charge in [0.15, 0.2) is 9.84 Å². The molecule has 0 aliphatic heterocycles. The van der Waals surface area contributed by atoms with Gasteiger partial charge in [-0.15, -0.1) is 0 Å². The van der Waals surface area contributed by atoms with Crippen molar-refractivity contribution in [3.05, 3.63) is 71.7 Å². The molecule has 0 spiro atoms. The summed E-state index contributed by atoms with van der Waals surface area (Å²) in [6, 6.07) is 12.9. The molecule has 0 radical (unpaired) electrons. The van der Waals surface area contributed by atoms with Crippen molar-refractivity contribution in [2.45, 2.75) is 24.3 Å². The third-order valence-corrected chi connectivity index (χ3v) is 6.20. The lowest BCUT2D eigenvalue weighted by Gasteiger charge is -2.14. The van der Waals surface area contributed by atoms with Crippen LogP contribution in [0.25, 0.3) is 16.9 Å². The Balaban J connectivity index is 2.11. The number of carbonyl (C=O) groups is 1. The minimum Gasteiger partial charge on any atom is -0.464 e. The molecular weight excluding hydrogens is 435 g/mol. The normalized spacial score (nSPS) is 12.5. The van der Waals surface area contributed by atoms with Crippen LogP contribution in [0.2, 0.25) is 0 Å². The smallest absolute Gasteiger partial charge is 0.327 e. The van der Waals surface area contributed by atoms with Crippen LogP contribution in [0, 0.1) is 12.7 Å². The lowest BCUT2D eigenvalue weighted by Crippen LogP contribution is -2.24. The number of sulfone groups is 1. The van der Waals surface area contributed by atoms with E-state index in [0.717, 1.165) is 6.26 Å². The van der Waals surface area contributed by atoms with Crippen molar-refractivity contribution in [3.63, 3.8) is 0 Å². The van der Waals surface area contributed by atoms with Gasteiger partial charge in [0.2, 0.25) is 0 Å². The maximum Gasteiger partial charge on any atom is 0.327 e. The molecule has 1 heterocycles. The Hall–Kier alpha value is -3.01. The van der Waals surface area contributed by atoms with Crippen LogP contribution in [0.3, 0.4) is 0 Å². The highest BCUT2D eigenvalue weighted by Gasteiger charge is 2.25. The van der Waals surface area contributed by atoms with Gasteiger partial charge in [0, 0.05) is 36.2 Å². The van der Waals surface area contributed by atoms with Crippen molar-refractivity contribution >= 4 is 15.8 Å². The predicted molar refractivity (Wildman–Crippen MR) is 119 cm³/mol. The molecule has 3 aromatic rings. The van der Waals surface area contributed by atoms with Crippen molar-refractivity contribution in [2.24, 2.45) is 5.73 Å². The number of aliphatic hydroxyl groups excluding tert-OH is 1. The number of nitrogens with two attached hydrogens (primary N) is 1. The monoisotopic (exact) mass is 460 g/mol. The zero-order valence-corrected chi connectivity index (χ0v) is 18.6. The van der Waals surface area contributed by atoms with Gasteiger partial charge in [-0.25, -0.2) is 17.6 Å². The number of aliphatic hydroxyl groups is 1. The lowest BCUT2D eigenvalue weighted by atomic mass is 10.1. The fourth-order valence-corrected chi connectivity index (χ4v) is 4.06. The Morgan fingerprint density at radius 2 is 1.88 bits per heavy atom. The lowest BCUT2D eigenvalue weighted by molar-refractivity contribution is -0.145. The molecule has 1 aromatic heterocycles. The Morgan fingerprint density at radius 1 is 1.19 bits per heavy atom. The number of aromatic nitrogens is 1. The summed E-state index contributed by atoms with van der Waals surface area (Å²) >= 11 is 0. The highest BCUT2D eigenvalue weighted by atomic mass is 32.2. The number of esters is 1. The molecule has 2 aromatic carbocycles.